The second kappa shape index (κ2) is 4.52. The zero-order chi connectivity index (χ0) is 13.3. The van der Waals surface area contributed by atoms with Gasteiger partial charge in [-0.25, -0.2) is 0 Å². The molecule has 5 heteroatoms. The van der Waals surface area contributed by atoms with Crippen LogP contribution in [0, 0.1) is 6.92 Å². The lowest BCUT2D eigenvalue weighted by atomic mass is 10.2. The van der Waals surface area contributed by atoms with Crippen LogP contribution in [0.5, 0.6) is 23.3 Å². The van der Waals surface area contributed by atoms with Crippen LogP contribution in [0.2, 0.25) is 0 Å². The summed E-state index contributed by atoms with van der Waals surface area (Å²) in [5.41, 5.74) is 1.19. The van der Waals surface area contributed by atoms with E-state index >= 15 is 0 Å². The Bertz CT molecular complexity index is 575. The molecule has 1 heterocycles. The zero-order valence-electron chi connectivity index (χ0n) is 10.5. The third-order valence-electron chi connectivity index (χ3n) is 2.76. The minimum absolute atomic E-state index is 0.000259. The van der Waals surface area contributed by atoms with Crippen molar-refractivity contribution in [1.82, 2.24) is 4.57 Å². The highest BCUT2D eigenvalue weighted by Gasteiger charge is 2.14. The van der Waals surface area contributed by atoms with Crippen molar-refractivity contribution in [1.29, 1.82) is 0 Å². The third-order valence-corrected chi connectivity index (χ3v) is 2.76. The monoisotopic (exact) mass is 249 g/mol. The molecule has 0 saturated heterocycles. The molecular weight excluding hydrogens is 234 g/mol. The molecule has 18 heavy (non-hydrogen) atoms. The number of nitrogens with zero attached hydrogens (tertiary/aromatic N) is 1. The van der Waals surface area contributed by atoms with E-state index in [1.54, 1.807) is 32.2 Å². The number of aryl methyl sites for hydroxylation is 1. The van der Waals surface area contributed by atoms with Crippen molar-refractivity contribution in [2.45, 2.75) is 6.92 Å². The number of hydrogen-bond donors (Lipinski definition) is 2. The van der Waals surface area contributed by atoms with Crippen molar-refractivity contribution in [3.63, 3.8) is 0 Å². The van der Waals surface area contributed by atoms with Gasteiger partial charge in [-0.1, -0.05) is 0 Å². The van der Waals surface area contributed by atoms with Gasteiger partial charge in [-0.2, -0.15) is 0 Å². The maximum Gasteiger partial charge on any atom is 0.201 e. The first kappa shape index (κ1) is 12.2. The molecule has 2 N–H and O–H groups in total. The van der Waals surface area contributed by atoms with Gasteiger partial charge in [0, 0.05) is 17.7 Å². The molecule has 0 radical (unpaired) electrons. The van der Waals surface area contributed by atoms with Gasteiger partial charge in [0.1, 0.15) is 0 Å². The van der Waals surface area contributed by atoms with Crippen LogP contribution in [0.3, 0.4) is 0 Å². The SMILES string of the molecule is COc1ccc(-n2c(O)cc(C)c2O)cc1OC. The summed E-state index contributed by atoms with van der Waals surface area (Å²) in [7, 11) is 3.08. The fourth-order valence-corrected chi connectivity index (χ4v) is 1.83. The van der Waals surface area contributed by atoms with Gasteiger partial charge in [0.2, 0.25) is 5.88 Å². The minimum Gasteiger partial charge on any atom is -0.494 e. The number of methoxy groups -OCH3 is 2. The van der Waals surface area contributed by atoms with Crippen molar-refractivity contribution in [3.8, 4) is 28.9 Å². The lowest BCUT2D eigenvalue weighted by Gasteiger charge is -2.11. The Morgan fingerprint density at radius 1 is 1.00 bits per heavy atom. The second-order valence-corrected chi connectivity index (χ2v) is 3.88. The van der Waals surface area contributed by atoms with Gasteiger partial charge in [0.05, 0.1) is 19.9 Å². The number of aromatic nitrogens is 1. The Labute approximate surface area is 105 Å². The molecular formula is C13H15NO4. The lowest BCUT2D eigenvalue weighted by Crippen LogP contribution is -1.96. The molecule has 96 valence electrons. The van der Waals surface area contributed by atoms with Crippen LogP contribution in [-0.2, 0) is 0 Å². The van der Waals surface area contributed by atoms with E-state index in [2.05, 4.69) is 0 Å². The molecule has 0 fully saturated rings. The maximum absolute atomic E-state index is 9.89. The van der Waals surface area contributed by atoms with Gasteiger partial charge in [-0.05, 0) is 19.1 Å². The number of ether oxygens (including phenoxy) is 2. The Morgan fingerprint density at radius 3 is 2.17 bits per heavy atom. The van der Waals surface area contributed by atoms with Gasteiger partial charge in [-0.3, -0.25) is 4.57 Å². The fourth-order valence-electron chi connectivity index (χ4n) is 1.83. The van der Waals surface area contributed by atoms with E-state index in [4.69, 9.17) is 9.47 Å². The summed E-state index contributed by atoms with van der Waals surface area (Å²) >= 11 is 0. The van der Waals surface area contributed by atoms with Crippen LogP contribution < -0.4 is 9.47 Å². The van der Waals surface area contributed by atoms with E-state index in [0.717, 1.165) is 0 Å². The third kappa shape index (κ3) is 1.84. The van der Waals surface area contributed by atoms with Crippen LogP contribution in [0.1, 0.15) is 5.56 Å². The average molecular weight is 249 g/mol. The fraction of sp³-hybridized carbons (Fsp3) is 0.231. The van der Waals surface area contributed by atoms with E-state index in [9.17, 15) is 10.2 Å². The van der Waals surface area contributed by atoms with Crippen LogP contribution in [-0.4, -0.2) is 29.0 Å². The highest BCUT2D eigenvalue weighted by atomic mass is 16.5. The van der Waals surface area contributed by atoms with Crippen molar-refractivity contribution >= 4 is 0 Å². The van der Waals surface area contributed by atoms with Gasteiger partial charge in [-0.15, -0.1) is 0 Å². The molecule has 2 aromatic rings. The summed E-state index contributed by atoms with van der Waals surface area (Å²) in [6, 6.07) is 6.60. The van der Waals surface area contributed by atoms with E-state index in [-0.39, 0.29) is 11.8 Å². The van der Waals surface area contributed by atoms with E-state index in [1.807, 2.05) is 0 Å². The van der Waals surface area contributed by atoms with Crippen LogP contribution in [0.4, 0.5) is 0 Å². The van der Waals surface area contributed by atoms with Crippen LogP contribution >= 0.6 is 0 Å². The standard InChI is InChI=1S/C13H15NO4/c1-8-6-12(15)14(13(8)16)9-4-5-10(17-2)11(7-9)18-3/h4-7,15-16H,1-3H3. The van der Waals surface area contributed by atoms with E-state index in [1.165, 1.54) is 17.7 Å². The smallest absolute Gasteiger partial charge is 0.201 e. The molecule has 0 unspecified atom stereocenters. The van der Waals surface area contributed by atoms with Crippen molar-refractivity contribution < 1.29 is 19.7 Å². The molecule has 0 bridgehead atoms. The maximum atomic E-state index is 9.89. The van der Waals surface area contributed by atoms with E-state index < -0.39 is 0 Å². The number of aromatic hydroxyl groups is 2. The number of benzene rings is 1. The quantitative estimate of drug-likeness (QED) is 0.875. The summed E-state index contributed by atoms with van der Waals surface area (Å²) < 4.78 is 11.6. The Kier molecular flexibility index (Phi) is 3.06. The molecule has 1 aromatic carbocycles. The Hall–Kier alpha value is -2.30. The summed E-state index contributed by atoms with van der Waals surface area (Å²) in [5, 5.41) is 19.7. The largest absolute Gasteiger partial charge is 0.494 e. The summed E-state index contributed by atoms with van der Waals surface area (Å²) in [6.45, 7) is 1.71. The van der Waals surface area contributed by atoms with Crippen molar-refractivity contribution in [3.05, 3.63) is 29.8 Å². The van der Waals surface area contributed by atoms with Crippen molar-refractivity contribution in [2.75, 3.05) is 14.2 Å². The normalized spacial score (nSPS) is 10.4. The van der Waals surface area contributed by atoms with E-state index in [0.29, 0.717) is 22.7 Å². The van der Waals surface area contributed by atoms with Gasteiger partial charge < -0.3 is 19.7 Å². The topological polar surface area (TPSA) is 63.9 Å². The molecule has 0 saturated carbocycles. The summed E-state index contributed by atoms with van der Waals surface area (Å²) in [4.78, 5) is 0. The molecule has 1 aromatic heterocycles. The highest BCUT2D eigenvalue weighted by Crippen LogP contribution is 2.35. The first-order valence-electron chi connectivity index (χ1n) is 5.41. The molecule has 0 spiro atoms. The average Bonchev–Trinajstić information content (AvgIpc) is 2.62. The van der Waals surface area contributed by atoms with Gasteiger partial charge in [0.15, 0.2) is 17.4 Å². The van der Waals surface area contributed by atoms with Gasteiger partial charge in [0.25, 0.3) is 0 Å². The van der Waals surface area contributed by atoms with Crippen LogP contribution in [0.25, 0.3) is 5.69 Å². The second-order valence-electron chi connectivity index (χ2n) is 3.88. The van der Waals surface area contributed by atoms with Crippen molar-refractivity contribution in [2.24, 2.45) is 0 Å². The molecule has 0 aliphatic heterocycles. The molecule has 0 aliphatic rings. The summed E-state index contributed by atoms with van der Waals surface area (Å²) in [6.07, 6.45) is 0. The molecule has 5 nitrogen and oxygen atoms in total. The Balaban J connectivity index is 2.58. The molecule has 0 atom stereocenters. The molecule has 0 amide bonds. The zero-order valence-corrected chi connectivity index (χ0v) is 10.5. The number of hydrogen-bond acceptors (Lipinski definition) is 4. The van der Waals surface area contributed by atoms with Gasteiger partial charge >= 0.3 is 0 Å². The first-order chi connectivity index (χ1) is 8.58. The van der Waals surface area contributed by atoms with Crippen LogP contribution in [0.15, 0.2) is 24.3 Å². The first-order valence-corrected chi connectivity index (χ1v) is 5.41. The molecule has 2 rings (SSSR count). The minimum atomic E-state index is -0.0304. The highest BCUT2D eigenvalue weighted by molar-refractivity contribution is 5.53. The lowest BCUT2D eigenvalue weighted by molar-refractivity contribution is 0.354. The molecule has 0 aliphatic carbocycles. The summed E-state index contributed by atoms with van der Waals surface area (Å²) in [5.74, 6) is 1.08. The Morgan fingerprint density at radius 2 is 1.67 bits per heavy atom. The predicted molar refractivity (Wildman–Crippen MR) is 66.9 cm³/mol. The predicted octanol–water partition coefficient (Wildman–Crippen LogP) is 2.21. The number of rotatable bonds is 3.